The predicted octanol–water partition coefficient (Wildman–Crippen LogP) is -0.196. The van der Waals surface area contributed by atoms with Gasteiger partial charge in [-0.05, 0) is 6.92 Å². The van der Waals surface area contributed by atoms with Gasteiger partial charge in [0.1, 0.15) is 5.82 Å². The summed E-state index contributed by atoms with van der Waals surface area (Å²) in [5.41, 5.74) is 0. The summed E-state index contributed by atoms with van der Waals surface area (Å²) in [5.74, 6) is -0.751. The van der Waals surface area contributed by atoms with Crippen molar-refractivity contribution in [3.05, 3.63) is 5.82 Å². The SMILES string of the molecule is Cc1nsc(NC(=O)NCCC(O)C(=O)O)n1. The number of carboxylic acid groups (broad SMARTS) is 1. The molecule has 4 N–H and O–H groups in total. The van der Waals surface area contributed by atoms with Gasteiger partial charge in [-0.1, -0.05) is 0 Å². The van der Waals surface area contributed by atoms with Crippen LogP contribution in [0.2, 0.25) is 0 Å². The summed E-state index contributed by atoms with van der Waals surface area (Å²) in [5, 5.41) is 22.5. The molecule has 1 heterocycles. The summed E-state index contributed by atoms with van der Waals surface area (Å²) < 4.78 is 3.87. The molecule has 1 atom stereocenters. The Hall–Kier alpha value is -1.74. The number of carbonyl (C=O) groups is 2. The third kappa shape index (κ3) is 4.74. The van der Waals surface area contributed by atoms with Gasteiger partial charge in [0.15, 0.2) is 6.10 Å². The molecule has 0 aromatic carbocycles. The van der Waals surface area contributed by atoms with Crippen molar-refractivity contribution in [2.75, 3.05) is 11.9 Å². The summed E-state index contributed by atoms with van der Waals surface area (Å²) in [6, 6.07) is -0.515. The van der Waals surface area contributed by atoms with Crippen LogP contribution >= 0.6 is 11.5 Å². The first-order valence-electron chi connectivity index (χ1n) is 4.75. The lowest BCUT2D eigenvalue weighted by molar-refractivity contribution is -0.146. The fourth-order valence-corrected chi connectivity index (χ4v) is 1.51. The Labute approximate surface area is 101 Å². The third-order valence-electron chi connectivity index (χ3n) is 1.74. The normalized spacial score (nSPS) is 11.9. The maximum absolute atomic E-state index is 11.3. The molecule has 0 spiro atoms. The molecule has 0 aliphatic heterocycles. The van der Waals surface area contributed by atoms with Crippen LogP contribution in [-0.2, 0) is 4.79 Å². The first-order valence-corrected chi connectivity index (χ1v) is 5.52. The molecule has 1 unspecified atom stereocenters. The third-order valence-corrected chi connectivity index (χ3v) is 2.46. The standard InChI is InChI=1S/C8H12N4O4S/c1-4-10-8(17-12-4)11-7(16)9-3-2-5(13)6(14)15/h5,13H,2-3H2,1H3,(H,14,15)(H2,9,10,11,12,16). The van der Waals surface area contributed by atoms with E-state index in [-0.39, 0.29) is 13.0 Å². The monoisotopic (exact) mass is 260 g/mol. The quantitative estimate of drug-likeness (QED) is 0.581. The summed E-state index contributed by atoms with van der Waals surface area (Å²) in [6.07, 6.45) is -1.53. The van der Waals surface area contributed by atoms with Crippen molar-refractivity contribution in [3.8, 4) is 0 Å². The van der Waals surface area contributed by atoms with Crippen LogP contribution in [0.5, 0.6) is 0 Å². The van der Waals surface area contributed by atoms with E-state index in [1.54, 1.807) is 6.92 Å². The van der Waals surface area contributed by atoms with Crippen LogP contribution in [0.4, 0.5) is 9.93 Å². The van der Waals surface area contributed by atoms with Gasteiger partial charge in [0, 0.05) is 24.5 Å². The fraction of sp³-hybridized carbons (Fsp3) is 0.500. The molecule has 94 valence electrons. The van der Waals surface area contributed by atoms with E-state index in [4.69, 9.17) is 10.2 Å². The van der Waals surface area contributed by atoms with Crippen LogP contribution in [-0.4, -0.2) is 44.2 Å². The van der Waals surface area contributed by atoms with Crippen molar-refractivity contribution >= 4 is 28.7 Å². The molecular formula is C8H12N4O4S. The highest BCUT2D eigenvalue weighted by atomic mass is 32.1. The highest BCUT2D eigenvalue weighted by molar-refractivity contribution is 7.09. The number of aromatic nitrogens is 2. The lowest BCUT2D eigenvalue weighted by atomic mass is 10.2. The van der Waals surface area contributed by atoms with Gasteiger partial charge in [-0.3, -0.25) is 5.32 Å². The average Bonchev–Trinajstić information content (AvgIpc) is 2.63. The van der Waals surface area contributed by atoms with Crippen molar-refractivity contribution in [3.63, 3.8) is 0 Å². The van der Waals surface area contributed by atoms with Crippen molar-refractivity contribution in [1.82, 2.24) is 14.7 Å². The molecular weight excluding hydrogens is 248 g/mol. The largest absolute Gasteiger partial charge is 0.479 e. The van der Waals surface area contributed by atoms with Gasteiger partial charge >= 0.3 is 12.0 Å². The number of amides is 2. The van der Waals surface area contributed by atoms with E-state index in [1.165, 1.54) is 0 Å². The second kappa shape index (κ2) is 6.11. The van der Waals surface area contributed by atoms with Crippen molar-refractivity contribution in [1.29, 1.82) is 0 Å². The van der Waals surface area contributed by atoms with E-state index in [9.17, 15) is 9.59 Å². The Morgan fingerprint density at radius 1 is 1.53 bits per heavy atom. The summed E-state index contributed by atoms with van der Waals surface area (Å²) in [7, 11) is 0. The van der Waals surface area contributed by atoms with E-state index in [0.29, 0.717) is 11.0 Å². The molecule has 0 radical (unpaired) electrons. The lowest BCUT2D eigenvalue weighted by Crippen LogP contribution is -2.33. The van der Waals surface area contributed by atoms with Crippen molar-refractivity contribution in [2.24, 2.45) is 0 Å². The number of aliphatic carboxylic acids is 1. The summed E-state index contributed by atoms with van der Waals surface area (Å²) in [6.45, 7) is 1.75. The number of anilines is 1. The van der Waals surface area contributed by atoms with E-state index in [2.05, 4.69) is 20.0 Å². The molecule has 2 amide bonds. The van der Waals surface area contributed by atoms with Crippen LogP contribution in [0.1, 0.15) is 12.2 Å². The average molecular weight is 260 g/mol. The summed E-state index contributed by atoms with van der Waals surface area (Å²) >= 11 is 1.05. The molecule has 0 aliphatic rings. The van der Waals surface area contributed by atoms with Gasteiger partial charge in [0.2, 0.25) is 5.13 Å². The highest BCUT2D eigenvalue weighted by Gasteiger charge is 2.13. The number of aryl methyl sites for hydroxylation is 1. The van der Waals surface area contributed by atoms with E-state index in [0.717, 1.165) is 11.5 Å². The summed E-state index contributed by atoms with van der Waals surface area (Å²) in [4.78, 5) is 25.4. The number of carbonyl (C=O) groups excluding carboxylic acids is 1. The molecule has 1 aromatic rings. The predicted molar refractivity (Wildman–Crippen MR) is 59.9 cm³/mol. The van der Waals surface area contributed by atoms with Crippen molar-refractivity contribution in [2.45, 2.75) is 19.4 Å². The second-order valence-corrected chi connectivity index (χ2v) is 3.92. The Kier molecular flexibility index (Phi) is 4.79. The minimum atomic E-state index is -1.47. The lowest BCUT2D eigenvalue weighted by Gasteiger charge is -2.06. The Balaban J connectivity index is 2.24. The molecule has 8 nitrogen and oxygen atoms in total. The zero-order valence-electron chi connectivity index (χ0n) is 9.01. The van der Waals surface area contributed by atoms with Crippen LogP contribution in [0.3, 0.4) is 0 Å². The molecule has 9 heteroatoms. The van der Waals surface area contributed by atoms with E-state index in [1.807, 2.05) is 0 Å². The maximum Gasteiger partial charge on any atom is 0.332 e. The molecule has 0 aliphatic carbocycles. The van der Waals surface area contributed by atoms with Crippen LogP contribution in [0.25, 0.3) is 0 Å². The molecule has 0 fully saturated rings. The zero-order valence-corrected chi connectivity index (χ0v) is 9.82. The topological polar surface area (TPSA) is 124 Å². The second-order valence-electron chi connectivity index (χ2n) is 3.17. The van der Waals surface area contributed by atoms with Gasteiger partial charge in [-0.2, -0.15) is 4.37 Å². The number of nitrogens with zero attached hydrogens (tertiary/aromatic N) is 2. The molecule has 17 heavy (non-hydrogen) atoms. The highest BCUT2D eigenvalue weighted by Crippen LogP contribution is 2.09. The van der Waals surface area contributed by atoms with Gasteiger partial charge in [0.05, 0.1) is 0 Å². The Morgan fingerprint density at radius 3 is 2.76 bits per heavy atom. The number of hydrogen-bond donors (Lipinski definition) is 4. The van der Waals surface area contributed by atoms with E-state index < -0.39 is 18.1 Å². The fourth-order valence-electron chi connectivity index (χ4n) is 0.935. The number of urea groups is 1. The zero-order chi connectivity index (χ0) is 12.8. The molecule has 1 aromatic heterocycles. The minimum Gasteiger partial charge on any atom is -0.479 e. The molecule has 1 rings (SSSR count). The molecule has 0 saturated heterocycles. The number of aliphatic hydroxyl groups is 1. The van der Waals surface area contributed by atoms with Crippen LogP contribution in [0, 0.1) is 6.92 Å². The number of rotatable bonds is 5. The smallest absolute Gasteiger partial charge is 0.332 e. The van der Waals surface area contributed by atoms with E-state index >= 15 is 0 Å². The van der Waals surface area contributed by atoms with Gasteiger partial charge in [-0.25, -0.2) is 14.6 Å². The number of hydrogen-bond acceptors (Lipinski definition) is 6. The number of aliphatic hydroxyl groups excluding tert-OH is 1. The molecule has 0 saturated carbocycles. The van der Waals surface area contributed by atoms with Gasteiger partial charge < -0.3 is 15.5 Å². The minimum absolute atomic E-state index is 0.0527. The van der Waals surface area contributed by atoms with Gasteiger partial charge in [-0.15, -0.1) is 0 Å². The molecule has 0 bridgehead atoms. The Bertz CT molecular complexity index is 408. The first kappa shape index (κ1) is 13.3. The number of nitrogens with one attached hydrogen (secondary N) is 2. The van der Waals surface area contributed by atoms with Gasteiger partial charge in [0.25, 0.3) is 0 Å². The first-order chi connectivity index (χ1) is 7.99. The maximum atomic E-state index is 11.3. The van der Waals surface area contributed by atoms with Crippen LogP contribution < -0.4 is 10.6 Å². The number of carboxylic acids is 1. The van der Waals surface area contributed by atoms with Crippen LogP contribution in [0.15, 0.2) is 0 Å². The Morgan fingerprint density at radius 2 is 2.24 bits per heavy atom. The van der Waals surface area contributed by atoms with Crippen molar-refractivity contribution < 1.29 is 19.8 Å².